The van der Waals surface area contributed by atoms with Crippen molar-refractivity contribution >= 4 is 29.2 Å². The predicted molar refractivity (Wildman–Crippen MR) is 112 cm³/mol. The fourth-order valence-corrected chi connectivity index (χ4v) is 2.78. The Labute approximate surface area is 180 Å². The molecule has 2 rings (SSSR count). The molecule has 0 aliphatic heterocycles. The fourth-order valence-electron chi connectivity index (χ4n) is 2.63. The van der Waals surface area contributed by atoms with E-state index in [-0.39, 0.29) is 11.3 Å². The summed E-state index contributed by atoms with van der Waals surface area (Å²) < 4.78 is 26.2. The van der Waals surface area contributed by atoms with Crippen molar-refractivity contribution < 1.29 is 33.3 Å². The Morgan fingerprint density at radius 2 is 1.43 bits per heavy atom. The molecular weight excluding hydrogens is 414 g/mol. The van der Waals surface area contributed by atoms with Crippen LogP contribution < -0.4 is 24.3 Å². The molecule has 1 atom stereocenters. The zero-order valence-electron chi connectivity index (χ0n) is 17.6. The number of aryl methyl sites for hydroxylation is 1. The minimum Gasteiger partial charge on any atom is -0.496 e. The van der Waals surface area contributed by atoms with Crippen molar-refractivity contribution in [3.8, 4) is 23.0 Å². The SMILES string of the molecule is COc1cc(Cl)c(C)cc1NC(=O)C(C)OC(=O)c1cc(OC)c(OC)cc1OC. The molecule has 0 spiro atoms. The number of methoxy groups -OCH3 is 4. The number of benzene rings is 2. The number of rotatable bonds is 8. The second kappa shape index (κ2) is 10.1. The zero-order valence-corrected chi connectivity index (χ0v) is 18.4. The van der Waals surface area contributed by atoms with Crippen LogP contribution in [0.1, 0.15) is 22.8 Å². The summed E-state index contributed by atoms with van der Waals surface area (Å²) in [4.78, 5) is 25.2. The molecule has 0 heterocycles. The number of carbonyl (C=O) groups excluding carboxylic acids is 2. The van der Waals surface area contributed by atoms with E-state index >= 15 is 0 Å². The predicted octanol–water partition coefficient (Wildman–Crippen LogP) is 3.87. The lowest BCUT2D eigenvalue weighted by Gasteiger charge is -2.17. The topological polar surface area (TPSA) is 92.3 Å². The molecule has 0 aliphatic carbocycles. The number of anilines is 1. The molecule has 1 unspecified atom stereocenters. The molecule has 2 aromatic carbocycles. The summed E-state index contributed by atoms with van der Waals surface area (Å²) >= 11 is 6.08. The largest absolute Gasteiger partial charge is 0.496 e. The third-order valence-corrected chi connectivity index (χ3v) is 4.72. The van der Waals surface area contributed by atoms with Crippen LogP contribution in [0.2, 0.25) is 5.02 Å². The highest BCUT2D eigenvalue weighted by atomic mass is 35.5. The Morgan fingerprint density at radius 3 is 2.00 bits per heavy atom. The molecule has 0 saturated carbocycles. The van der Waals surface area contributed by atoms with Gasteiger partial charge in [0.1, 0.15) is 17.1 Å². The molecule has 2 aromatic rings. The highest BCUT2D eigenvalue weighted by Crippen LogP contribution is 2.35. The summed E-state index contributed by atoms with van der Waals surface area (Å²) in [5, 5.41) is 3.18. The second-order valence-corrected chi connectivity index (χ2v) is 6.65. The summed E-state index contributed by atoms with van der Waals surface area (Å²) in [6, 6.07) is 6.19. The maximum absolute atomic E-state index is 12.7. The molecular formula is C21H24ClNO7. The number of esters is 1. The first-order chi connectivity index (χ1) is 14.2. The normalized spacial score (nSPS) is 11.3. The van der Waals surface area contributed by atoms with Gasteiger partial charge in [0.05, 0.1) is 34.1 Å². The van der Waals surface area contributed by atoms with E-state index in [0.29, 0.717) is 28.0 Å². The maximum atomic E-state index is 12.7. The molecule has 0 radical (unpaired) electrons. The van der Waals surface area contributed by atoms with E-state index in [1.54, 1.807) is 19.1 Å². The van der Waals surface area contributed by atoms with Crippen molar-refractivity contribution in [2.75, 3.05) is 33.8 Å². The van der Waals surface area contributed by atoms with Crippen molar-refractivity contribution in [1.29, 1.82) is 0 Å². The molecule has 0 aromatic heterocycles. The average Bonchev–Trinajstić information content (AvgIpc) is 2.74. The lowest BCUT2D eigenvalue weighted by molar-refractivity contribution is -0.123. The van der Waals surface area contributed by atoms with Gasteiger partial charge in [0, 0.05) is 23.2 Å². The number of hydrogen-bond donors (Lipinski definition) is 1. The lowest BCUT2D eigenvalue weighted by atomic mass is 10.1. The van der Waals surface area contributed by atoms with Gasteiger partial charge in [-0.2, -0.15) is 0 Å². The molecule has 8 nitrogen and oxygen atoms in total. The van der Waals surface area contributed by atoms with Crippen LogP contribution in [0.5, 0.6) is 23.0 Å². The molecule has 0 saturated heterocycles. The van der Waals surface area contributed by atoms with Gasteiger partial charge in [0.25, 0.3) is 5.91 Å². The Hall–Kier alpha value is -3.13. The molecule has 0 bridgehead atoms. The first-order valence-electron chi connectivity index (χ1n) is 8.91. The average molecular weight is 438 g/mol. The number of halogens is 1. The van der Waals surface area contributed by atoms with Crippen LogP contribution in [0.15, 0.2) is 24.3 Å². The summed E-state index contributed by atoms with van der Waals surface area (Å²) in [5.41, 5.74) is 1.26. The van der Waals surface area contributed by atoms with E-state index in [1.807, 2.05) is 0 Å². The molecule has 1 N–H and O–H groups in total. The first-order valence-corrected chi connectivity index (χ1v) is 9.29. The lowest BCUT2D eigenvalue weighted by Crippen LogP contribution is -2.30. The van der Waals surface area contributed by atoms with Crippen LogP contribution >= 0.6 is 11.6 Å². The van der Waals surface area contributed by atoms with Gasteiger partial charge >= 0.3 is 5.97 Å². The van der Waals surface area contributed by atoms with Crippen molar-refractivity contribution in [2.45, 2.75) is 20.0 Å². The molecule has 9 heteroatoms. The van der Waals surface area contributed by atoms with Gasteiger partial charge in [-0.1, -0.05) is 11.6 Å². The Bertz CT molecular complexity index is 945. The smallest absolute Gasteiger partial charge is 0.342 e. The van der Waals surface area contributed by atoms with Crippen molar-refractivity contribution in [1.82, 2.24) is 0 Å². The number of hydrogen-bond acceptors (Lipinski definition) is 7. The van der Waals surface area contributed by atoms with Crippen molar-refractivity contribution in [2.24, 2.45) is 0 Å². The van der Waals surface area contributed by atoms with Gasteiger partial charge in [0.15, 0.2) is 17.6 Å². The summed E-state index contributed by atoms with van der Waals surface area (Å²) in [5.74, 6) is 0.0300. The quantitative estimate of drug-likeness (QED) is 0.626. The van der Waals surface area contributed by atoms with E-state index in [4.69, 9.17) is 35.3 Å². The number of nitrogens with one attached hydrogen (secondary N) is 1. The van der Waals surface area contributed by atoms with Crippen LogP contribution in [-0.4, -0.2) is 46.4 Å². The Balaban J connectivity index is 2.20. The van der Waals surface area contributed by atoms with Crippen LogP contribution in [-0.2, 0) is 9.53 Å². The monoisotopic (exact) mass is 437 g/mol. The number of carbonyl (C=O) groups is 2. The molecule has 0 aliphatic rings. The fraction of sp³-hybridized carbons (Fsp3) is 0.333. The van der Waals surface area contributed by atoms with Crippen LogP contribution in [0, 0.1) is 6.92 Å². The standard InChI is InChI=1S/C21H24ClNO7/c1-11-7-15(17(27-4)9-14(11)22)23-20(24)12(2)30-21(25)13-8-18(28-5)19(29-6)10-16(13)26-3/h7-10,12H,1-6H3,(H,23,24). The molecule has 0 fully saturated rings. The minimum atomic E-state index is -1.10. The number of amides is 1. The van der Waals surface area contributed by atoms with E-state index < -0.39 is 18.0 Å². The van der Waals surface area contributed by atoms with E-state index in [1.165, 1.54) is 47.5 Å². The highest BCUT2D eigenvalue weighted by molar-refractivity contribution is 6.31. The maximum Gasteiger partial charge on any atom is 0.342 e. The van der Waals surface area contributed by atoms with Gasteiger partial charge < -0.3 is 29.0 Å². The summed E-state index contributed by atoms with van der Waals surface area (Å²) in [6.45, 7) is 3.25. The van der Waals surface area contributed by atoms with Gasteiger partial charge in [-0.25, -0.2) is 4.79 Å². The Kier molecular flexibility index (Phi) is 7.77. The molecule has 1 amide bonds. The first kappa shape index (κ1) is 23.2. The van der Waals surface area contributed by atoms with Crippen molar-refractivity contribution in [3.63, 3.8) is 0 Å². The second-order valence-electron chi connectivity index (χ2n) is 6.25. The van der Waals surface area contributed by atoms with Gasteiger partial charge in [-0.05, 0) is 25.5 Å². The minimum absolute atomic E-state index is 0.0923. The van der Waals surface area contributed by atoms with E-state index in [2.05, 4.69) is 5.32 Å². The van der Waals surface area contributed by atoms with Crippen molar-refractivity contribution in [3.05, 3.63) is 40.4 Å². The number of ether oxygens (including phenoxy) is 5. The van der Waals surface area contributed by atoms with E-state index in [9.17, 15) is 9.59 Å². The molecule has 30 heavy (non-hydrogen) atoms. The van der Waals surface area contributed by atoms with E-state index in [0.717, 1.165) is 5.56 Å². The van der Waals surface area contributed by atoms with Crippen LogP contribution in [0.25, 0.3) is 0 Å². The van der Waals surface area contributed by atoms with Crippen LogP contribution in [0.4, 0.5) is 5.69 Å². The summed E-state index contributed by atoms with van der Waals surface area (Å²) in [6.07, 6.45) is -1.10. The van der Waals surface area contributed by atoms with Gasteiger partial charge in [-0.3, -0.25) is 4.79 Å². The van der Waals surface area contributed by atoms with Crippen LogP contribution in [0.3, 0.4) is 0 Å². The third-order valence-electron chi connectivity index (χ3n) is 4.32. The van der Waals surface area contributed by atoms with Gasteiger partial charge in [0.2, 0.25) is 0 Å². The van der Waals surface area contributed by atoms with Gasteiger partial charge in [-0.15, -0.1) is 0 Å². The summed E-state index contributed by atoms with van der Waals surface area (Å²) in [7, 11) is 5.78. The Morgan fingerprint density at radius 1 is 0.867 bits per heavy atom. The highest BCUT2D eigenvalue weighted by Gasteiger charge is 2.24. The molecule has 162 valence electrons. The third kappa shape index (κ3) is 5.07. The zero-order chi connectivity index (χ0) is 22.4.